The van der Waals surface area contributed by atoms with Gasteiger partial charge in [0.1, 0.15) is 18.2 Å². The molecule has 126 valence electrons. The number of amides is 1. The maximum Gasteiger partial charge on any atom is 0.295 e. The molecule has 1 aromatic carbocycles. The van der Waals surface area contributed by atoms with E-state index < -0.39 is 0 Å². The van der Waals surface area contributed by atoms with E-state index in [4.69, 9.17) is 16.3 Å². The maximum atomic E-state index is 11.9. The standard InChI is InChI=1S/C17H19ClN4O2/c1-12-3-2-4-13-9-14(17(18)20-16(12)13)10-19-21-15(23)11-22-5-7-24-8-6-22/h2-4,9-10H,5-8,11H2,1H3,(H,21,23)/p+1. The van der Waals surface area contributed by atoms with Gasteiger partial charge in [-0.2, -0.15) is 5.10 Å². The smallest absolute Gasteiger partial charge is 0.295 e. The van der Waals surface area contributed by atoms with Crippen LogP contribution in [-0.4, -0.2) is 50.0 Å². The fourth-order valence-corrected chi connectivity index (χ4v) is 2.90. The molecule has 2 aromatic rings. The van der Waals surface area contributed by atoms with Gasteiger partial charge >= 0.3 is 0 Å². The molecule has 2 heterocycles. The van der Waals surface area contributed by atoms with Crippen LogP contribution in [-0.2, 0) is 9.53 Å². The van der Waals surface area contributed by atoms with Crippen molar-refractivity contribution in [2.45, 2.75) is 6.92 Å². The Morgan fingerprint density at radius 3 is 3.04 bits per heavy atom. The van der Waals surface area contributed by atoms with E-state index in [-0.39, 0.29) is 5.91 Å². The second kappa shape index (κ2) is 7.70. The van der Waals surface area contributed by atoms with E-state index in [2.05, 4.69) is 15.5 Å². The third-order valence-electron chi connectivity index (χ3n) is 4.03. The van der Waals surface area contributed by atoms with Gasteiger partial charge < -0.3 is 9.64 Å². The van der Waals surface area contributed by atoms with Gasteiger partial charge in [-0.1, -0.05) is 29.8 Å². The van der Waals surface area contributed by atoms with E-state index >= 15 is 0 Å². The quantitative estimate of drug-likeness (QED) is 0.482. The summed E-state index contributed by atoms with van der Waals surface area (Å²) in [5.41, 5.74) is 5.17. The Balaban J connectivity index is 1.64. The minimum absolute atomic E-state index is 0.121. The number of aromatic nitrogens is 1. The predicted octanol–water partition coefficient (Wildman–Crippen LogP) is 0.562. The number of hydrogen-bond acceptors (Lipinski definition) is 4. The number of pyridine rings is 1. The average molecular weight is 348 g/mol. The lowest BCUT2D eigenvalue weighted by Gasteiger charge is -2.22. The van der Waals surface area contributed by atoms with Crippen LogP contribution in [0.15, 0.2) is 29.4 Å². The van der Waals surface area contributed by atoms with Gasteiger partial charge in [0, 0.05) is 10.9 Å². The van der Waals surface area contributed by atoms with Gasteiger partial charge in [0.05, 0.1) is 24.9 Å². The summed E-state index contributed by atoms with van der Waals surface area (Å²) < 4.78 is 5.27. The van der Waals surface area contributed by atoms with Gasteiger partial charge in [0.2, 0.25) is 0 Å². The molecule has 24 heavy (non-hydrogen) atoms. The Labute approximate surface area is 145 Å². The van der Waals surface area contributed by atoms with Crippen LogP contribution in [0.5, 0.6) is 0 Å². The normalized spacial score (nSPS) is 15.9. The topological polar surface area (TPSA) is 68.0 Å². The van der Waals surface area contributed by atoms with Gasteiger partial charge in [0.15, 0.2) is 6.54 Å². The lowest BCUT2D eigenvalue weighted by molar-refractivity contribution is -0.900. The lowest BCUT2D eigenvalue weighted by Crippen LogP contribution is -3.15. The van der Waals surface area contributed by atoms with Crippen molar-refractivity contribution in [3.63, 3.8) is 0 Å². The van der Waals surface area contributed by atoms with Crippen molar-refractivity contribution in [3.05, 3.63) is 40.5 Å². The first-order valence-corrected chi connectivity index (χ1v) is 8.30. The molecular weight excluding hydrogens is 328 g/mol. The van der Waals surface area contributed by atoms with Crippen LogP contribution in [0.25, 0.3) is 10.9 Å². The van der Waals surface area contributed by atoms with Crippen molar-refractivity contribution >= 4 is 34.6 Å². The highest BCUT2D eigenvalue weighted by atomic mass is 35.5. The van der Waals surface area contributed by atoms with Crippen molar-refractivity contribution in [3.8, 4) is 0 Å². The molecule has 0 radical (unpaired) electrons. The summed E-state index contributed by atoms with van der Waals surface area (Å²) in [7, 11) is 0. The number of halogens is 1. The minimum atomic E-state index is -0.121. The molecule has 0 aliphatic carbocycles. The molecule has 1 aliphatic rings. The van der Waals surface area contributed by atoms with Crippen LogP contribution in [0.3, 0.4) is 0 Å². The molecule has 0 spiro atoms. The summed E-state index contributed by atoms with van der Waals surface area (Å²) in [4.78, 5) is 17.5. The lowest BCUT2D eigenvalue weighted by atomic mass is 10.1. The molecule has 0 saturated carbocycles. The maximum absolute atomic E-state index is 11.9. The summed E-state index contributed by atoms with van der Waals surface area (Å²) in [6.45, 7) is 5.47. The summed E-state index contributed by atoms with van der Waals surface area (Å²) in [5, 5.41) is 5.36. The Bertz CT molecular complexity index is 773. The molecule has 3 rings (SSSR count). The first-order chi connectivity index (χ1) is 11.6. The van der Waals surface area contributed by atoms with E-state index in [1.807, 2.05) is 31.2 Å². The second-order valence-electron chi connectivity index (χ2n) is 5.85. The predicted molar refractivity (Wildman–Crippen MR) is 93.6 cm³/mol. The van der Waals surface area contributed by atoms with Crippen LogP contribution in [0.4, 0.5) is 0 Å². The third kappa shape index (κ3) is 4.08. The zero-order chi connectivity index (χ0) is 16.9. The number of nitrogens with one attached hydrogen (secondary N) is 2. The third-order valence-corrected chi connectivity index (χ3v) is 4.33. The molecule has 6 nitrogen and oxygen atoms in total. The SMILES string of the molecule is Cc1cccc2cc(C=NNC(=O)C[NH+]3CCOCC3)c(Cl)nc12. The fraction of sp³-hybridized carbons (Fsp3) is 0.353. The van der Waals surface area contributed by atoms with Gasteiger partial charge in [-0.3, -0.25) is 4.79 Å². The van der Waals surface area contributed by atoms with Gasteiger partial charge in [-0.05, 0) is 18.6 Å². The molecule has 1 amide bonds. The number of hydrogen-bond donors (Lipinski definition) is 2. The van der Waals surface area contributed by atoms with Gasteiger partial charge in [0.25, 0.3) is 5.91 Å². The number of hydrazone groups is 1. The number of ether oxygens (including phenoxy) is 1. The Kier molecular flexibility index (Phi) is 5.40. The highest BCUT2D eigenvalue weighted by molar-refractivity contribution is 6.32. The molecular formula is C17H20ClN4O2+. The van der Waals surface area contributed by atoms with Crippen LogP contribution >= 0.6 is 11.6 Å². The van der Waals surface area contributed by atoms with Gasteiger partial charge in [-0.15, -0.1) is 0 Å². The minimum Gasteiger partial charge on any atom is -0.370 e. The van der Waals surface area contributed by atoms with E-state index in [1.165, 1.54) is 11.1 Å². The average Bonchev–Trinajstić information content (AvgIpc) is 2.57. The van der Waals surface area contributed by atoms with Crippen LogP contribution in [0, 0.1) is 6.92 Å². The molecule has 1 saturated heterocycles. The largest absolute Gasteiger partial charge is 0.370 e. The number of aryl methyl sites for hydroxylation is 1. The zero-order valence-corrected chi connectivity index (χ0v) is 14.3. The van der Waals surface area contributed by atoms with Crippen LogP contribution in [0.1, 0.15) is 11.1 Å². The number of carbonyl (C=O) groups excluding carboxylic acids is 1. The number of quaternary nitrogens is 1. The second-order valence-corrected chi connectivity index (χ2v) is 6.21. The zero-order valence-electron chi connectivity index (χ0n) is 13.5. The van der Waals surface area contributed by atoms with E-state index in [9.17, 15) is 4.79 Å². The molecule has 0 bridgehead atoms. The van der Waals surface area contributed by atoms with E-state index in [0.29, 0.717) is 30.5 Å². The van der Waals surface area contributed by atoms with E-state index in [0.717, 1.165) is 29.6 Å². The van der Waals surface area contributed by atoms with Crippen LogP contribution < -0.4 is 10.3 Å². The van der Waals surface area contributed by atoms with Crippen LogP contribution in [0.2, 0.25) is 5.15 Å². The molecule has 7 heteroatoms. The number of carbonyl (C=O) groups is 1. The summed E-state index contributed by atoms with van der Waals surface area (Å²) in [6.07, 6.45) is 1.53. The molecule has 0 atom stereocenters. The van der Waals surface area contributed by atoms with Crippen molar-refractivity contribution in [1.82, 2.24) is 10.4 Å². The Morgan fingerprint density at radius 1 is 1.46 bits per heavy atom. The highest BCUT2D eigenvalue weighted by Crippen LogP contribution is 2.21. The molecule has 0 unspecified atom stereocenters. The summed E-state index contributed by atoms with van der Waals surface area (Å²) in [6, 6.07) is 7.86. The summed E-state index contributed by atoms with van der Waals surface area (Å²) in [5.74, 6) is -0.121. The van der Waals surface area contributed by atoms with Crippen molar-refractivity contribution in [1.29, 1.82) is 0 Å². The van der Waals surface area contributed by atoms with Crippen molar-refractivity contribution in [2.24, 2.45) is 5.10 Å². The van der Waals surface area contributed by atoms with E-state index in [1.54, 1.807) is 0 Å². The monoisotopic (exact) mass is 347 g/mol. The molecule has 2 N–H and O–H groups in total. The fourth-order valence-electron chi connectivity index (χ4n) is 2.71. The molecule has 1 fully saturated rings. The first-order valence-electron chi connectivity index (χ1n) is 7.92. The Morgan fingerprint density at radius 2 is 2.25 bits per heavy atom. The number of para-hydroxylation sites is 1. The Hall–Kier alpha value is -2.02. The number of nitrogens with zero attached hydrogens (tertiary/aromatic N) is 2. The first kappa shape index (κ1) is 16.8. The summed E-state index contributed by atoms with van der Waals surface area (Å²) >= 11 is 6.21. The van der Waals surface area contributed by atoms with Crippen molar-refractivity contribution in [2.75, 3.05) is 32.8 Å². The van der Waals surface area contributed by atoms with Crippen molar-refractivity contribution < 1.29 is 14.4 Å². The van der Waals surface area contributed by atoms with Gasteiger partial charge in [-0.25, -0.2) is 10.4 Å². The number of fused-ring (bicyclic) bond motifs is 1. The number of morpholine rings is 1. The highest BCUT2D eigenvalue weighted by Gasteiger charge is 2.17. The number of benzene rings is 1. The number of rotatable bonds is 4. The molecule has 1 aromatic heterocycles. The molecule has 1 aliphatic heterocycles.